The van der Waals surface area contributed by atoms with Gasteiger partial charge in [-0.1, -0.05) is 130 Å². The van der Waals surface area contributed by atoms with Crippen LogP contribution in [0.15, 0.2) is 36.4 Å². The third-order valence-corrected chi connectivity index (χ3v) is 16.5. The van der Waals surface area contributed by atoms with Gasteiger partial charge in [-0.3, -0.25) is 0 Å². The van der Waals surface area contributed by atoms with Crippen LogP contribution < -0.4 is 24.8 Å². The Kier molecular flexibility index (Phi) is 22.9. The number of unbranched alkanes of at least 4 members (excludes halogenated alkanes) is 10. The molecule has 3 aromatic carbocycles. The fraction of sp³-hybridized carbons (Fsp3) is 0.682. The van der Waals surface area contributed by atoms with Gasteiger partial charge < -0.3 is 39.1 Å². The molecular formula is C66H100N2O9. The fourth-order valence-electron chi connectivity index (χ4n) is 12.1. The monoisotopic (exact) mass is 1060 g/mol. The van der Waals surface area contributed by atoms with Crippen molar-refractivity contribution in [1.29, 1.82) is 0 Å². The number of carbonyl (C=O) groups excluding carboxylic acids is 3. The third-order valence-electron chi connectivity index (χ3n) is 16.5. The third kappa shape index (κ3) is 18.0. The van der Waals surface area contributed by atoms with Crippen LogP contribution in [0, 0.1) is 19.8 Å². The van der Waals surface area contributed by atoms with Gasteiger partial charge in [-0.05, 0) is 206 Å². The molecule has 3 fully saturated rings. The molecule has 11 heteroatoms. The van der Waals surface area contributed by atoms with Gasteiger partial charge in [0.05, 0.1) is 11.4 Å². The molecule has 11 nitrogen and oxygen atoms in total. The first-order valence-corrected chi connectivity index (χ1v) is 30.4. The van der Waals surface area contributed by atoms with Crippen molar-refractivity contribution in [1.82, 2.24) is 0 Å². The molecule has 3 aliphatic rings. The standard InChI is InChI=1S/C66H100N2O9/c1-13-15-17-19-21-29-37-67-56-39-45(3)40-57(68-38-30-22-20-18-16-14-2)60(56)74-63(71)77-65(9,10)50-41-47(5)58(55(44-50)52-36-28-23-31-46(52)4)72-62(70)76-66(11,12)51-42-53(48-32-24-25-33-48)59(73-61(69)75-64(6,7)8)54(43-51)49-34-26-27-35-49/h39-44,46,48-49,52,67-68H,13-38H2,1-12H3. The van der Waals surface area contributed by atoms with Gasteiger partial charge >= 0.3 is 18.5 Å². The van der Waals surface area contributed by atoms with Crippen molar-refractivity contribution >= 4 is 29.8 Å². The molecule has 3 aliphatic carbocycles. The Labute approximate surface area is 464 Å². The summed E-state index contributed by atoms with van der Waals surface area (Å²) in [5, 5.41) is 7.21. The average Bonchev–Trinajstić information content (AvgIpc) is 4.13. The van der Waals surface area contributed by atoms with Gasteiger partial charge in [0.15, 0.2) is 5.75 Å². The summed E-state index contributed by atoms with van der Waals surface area (Å²) in [7, 11) is 0. The smallest absolute Gasteiger partial charge is 0.428 e. The normalized spacial score (nSPS) is 17.5. The minimum Gasteiger partial charge on any atom is -0.428 e. The number of hydrogen-bond acceptors (Lipinski definition) is 11. The molecule has 0 saturated heterocycles. The van der Waals surface area contributed by atoms with E-state index >= 15 is 0 Å². The first kappa shape index (κ1) is 61.3. The van der Waals surface area contributed by atoms with E-state index in [4.69, 9.17) is 28.4 Å². The zero-order chi connectivity index (χ0) is 55.8. The molecule has 2 atom stereocenters. The lowest BCUT2D eigenvalue weighted by Crippen LogP contribution is -2.30. The topological polar surface area (TPSA) is 131 Å². The van der Waals surface area contributed by atoms with Crippen LogP contribution in [-0.4, -0.2) is 37.2 Å². The Morgan fingerprint density at radius 1 is 0.481 bits per heavy atom. The van der Waals surface area contributed by atoms with Crippen LogP contribution in [0.25, 0.3) is 0 Å². The minimum absolute atomic E-state index is 0.106. The lowest BCUT2D eigenvalue weighted by Gasteiger charge is -2.33. The molecule has 3 aromatic rings. The molecule has 2 unspecified atom stereocenters. The van der Waals surface area contributed by atoms with Crippen molar-refractivity contribution < 1.29 is 42.8 Å². The molecule has 77 heavy (non-hydrogen) atoms. The van der Waals surface area contributed by atoms with Gasteiger partial charge in [-0.2, -0.15) is 0 Å². The van der Waals surface area contributed by atoms with Crippen LogP contribution in [0.1, 0.15) is 280 Å². The van der Waals surface area contributed by atoms with E-state index in [0.717, 1.165) is 166 Å². The van der Waals surface area contributed by atoms with Crippen LogP contribution in [-0.2, 0) is 25.4 Å². The maximum atomic E-state index is 14.4. The van der Waals surface area contributed by atoms with Crippen molar-refractivity contribution in [3.63, 3.8) is 0 Å². The highest BCUT2D eigenvalue weighted by Gasteiger charge is 2.37. The van der Waals surface area contributed by atoms with E-state index in [2.05, 4.69) is 56.5 Å². The summed E-state index contributed by atoms with van der Waals surface area (Å²) >= 11 is 0. The molecule has 0 aliphatic heterocycles. The number of aryl methyl sites for hydroxylation is 2. The van der Waals surface area contributed by atoms with Crippen LogP contribution in [0.3, 0.4) is 0 Å². The largest absolute Gasteiger partial charge is 0.514 e. The quantitative estimate of drug-likeness (QED) is 0.0345. The first-order valence-electron chi connectivity index (χ1n) is 30.4. The summed E-state index contributed by atoms with van der Waals surface area (Å²) in [5.74, 6) is 2.38. The molecule has 2 N–H and O–H groups in total. The number of hydrogen-bond donors (Lipinski definition) is 2. The Hall–Kier alpha value is -4.93. The van der Waals surface area contributed by atoms with E-state index in [1.165, 1.54) is 51.4 Å². The van der Waals surface area contributed by atoms with E-state index in [9.17, 15) is 14.4 Å². The zero-order valence-corrected chi connectivity index (χ0v) is 49.8. The van der Waals surface area contributed by atoms with Gasteiger partial charge in [0, 0.05) is 13.1 Å². The van der Waals surface area contributed by atoms with Crippen molar-refractivity contribution in [2.45, 2.75) is 272 Å². The molecule has 6 rings (SSSR count). The number of anilines is 2. The number of rotatable bonds is 26. The Bertz CT molecular complexity index is 2310. The van der Waals surface area contributed by atoms with Crippen molar-refractivity contribution in [3.05, 3.63) is 75.3 Å². The highest BCUT2D eigenvalue weighted by Crippen LogP contribution is 2.49. The van der Waals surface area contributed by atoms with Crippen molar-refractivity contribution in [2.24, 2.45) is 5.92 Å². The van der Waals surface area contributed by atoms with Crippen LogP contribution in [0.2, 0.25) is 0 Å². The van der Waals surface area contributed by atoms with E-state index in [0.29, 0.717) is 23.2 Å². The van der Waals surface area contributed by atoms with Crippen LogP contribution in [0.4, 0.5) is 25.8 Å². The van der Waals surface area contributed by atoms with E-state index in [1.807, 2.05) is 73.6 Å². The van der Waals surface area contributed by atoms with Gasteiger partial charge in [-0.15, -0.1) is 0 Å². The van der Waals surface area contributed by atoms with Gasteiger partial charge in [0.1, 0.15) is 28.3 Å². The molecule has 0 aromatic heterocycles. The average molecular weight is 1070 g/mol. The molecule has 0 amide bonds. The molecular weight excluding hydrogens is 965 g/mol. The molecule has 0 spiro atoms. The van der Waals surface area contributed by atoms with E-state index in [1.54, 1.807) is 0 Å². The first-order chi connectivity index (χ1) is 36.7. The maximum Gasteiger partial charge on any atom is 0.514 e. The molecule has 0 heterocycles. The molecule has 0 bridgehead atoms. The molecule has 3 saturated carbocycles. The molecule has 428 valence electrons. The second-order valence-corrected chi connectivity index (χ2v) is 25.1. The van der Waals surface area contributed by atoms with Crippen LogP contribution >= 0.6 is 0 Å². The summed E-state index contributed by atoms with van der Waals surface area (Å²) in [5.41, 5.74) is 4.90. The Morgan fingerprint density at radius 2 is 0.883 bits per heavy atom. The summed E-state index contributed by atoms with van der Waals surface area (Å²) in [6.07, 6.45) is 24.5. The predicted molar refractivity (Wildman–Crippen MR) is 312 cm³/mol. The lowest BCUT2D eigenvalue weighted by molar-refractivity contribution is 0.00563. The number of nitrogens with one attached hydrogen (secondary N) is 2. The zero-order valence-electron chi connectivity index (χ0n) is 49.8. The highest BCUT2D eigenvalue weighted by molar-refractivity contribution is 5.78. The fourth-order valence-corrected chi connectivity index (χ4v) is 12.1. The lowest BCUT2D eigenvalue weighted by atomic mass is 9.75. The van der Waals surface area contributed by atoms with Gasteiger partial charge in [0.25, 0.3) is 0 Å². The van der Waals surface area contributed by atoms with Crippen molar-refractivity contribution in [2.75, 3.05) is 23.7 Å². The maximum absolute atomic E-state index is 14.4. The number of ether oxygens (including phenoxy) is 6. The summed E-state index contributed by atoms with van der Waals surface area (Å²) < 4.78 is 37.4. The Balaban J connectivity index is 1.25. The van der Waals surface area contributed by atoms with Crippen molar-refractivity contribution in [3.8, 4) is 17.2 Å². The predicted octanol–water partition coefficient (Wildman–Crippen LogP) is 19.7. The number of carbonyl (C=O) groups is 3. The van der Waals surface area contributed by atoms with Crippen LogP contribution in [0.5, 0.6) is 17.2 Å². The highest BCUT2D eigenvalue weighted by atomic mass is 16.7. The summed E-state index contributed by atoms with van der Waals surface area (Å²) in [6, 6.07) is 12.3. The number of benzene rings is 3. The van der Waals surface area contributed by atoms with Gasteiger partial charge in [-0.25, -0.2) is 14.4 Å². The molecule has 0 radical (unpaired) electrons. The SMILES string of the molecule is CCCCCCCCNc1cc(C)cc(NCCCCCCCC)c1OC(=O)OC(C)(C)c1cc(C)c(OC(=O)OC(C)(C)c2cc(C3CCCC3)c(OC(=O)OC(C)(C)C)c(C3CCCC3)c2)c(C2CCCCC2C)c1. The van der Waals surface area contributed by atoms with E-state index in [-0.39, 0.29) is 17.8 Å². The summed E-state index contributed by atoms with van der Waals surface area (Å²) in [4.78, 5) is 42.0. The summed E-state index contributed by atoms with van der Waals surface area (Å²) in [6.45, 7) is 25.4. The second-order valence-electron chi connectivity index (χ2n) is 25.1. The van der Waals surface area contributed by atoms with Gasteiger partial charge in [0.2, 0.25) is 0 Å². The van der Waals surface area contributed by atoms with E-state index < -0.39 is 35.3 Å². The minimum atomic E-state index is -1.12. The Morgan fingerprint density at radius 3 is 1.36 bits per heavy atom. The second kappa shape index (κ2) is 28.8.